The third-order valence-electron chi connectivity index (χ3n) is 1.51. The lowest BCUT2D eigenvalue weighted by molar-refractivity contribution is -0.120. The summed E-state index contributed by atoms with van der Waals surface area (Å²) in [5.41, 5.74) is 5.21. The van der Waals surface area contributed by atoms with Crippen LogP contribution in [0.3, 0.4) is 0 Å². The van der Waals surface area contributed by atoms with Crippen LogP contribution in [0.15, 0.2) is 0 Å². The molecule has 7 heteroatoms. The van der Waals surface area contributed by atoms with Gasteiger partial charge in [0.2, 0.25) is 5.13 Å². The lowest BCUT2D eigenvalue weighted by Gasteiger charge is -2.01. The van der Waals surface area contributed by atoms with Gasteiger partial charge in [0.05, 0.1) is 6.61 Å². The molecule has 15 heavy (non-hydrogen) atoms. The summed E-state index contributed by atoms with van der Waals surface area (Å²) in [6.07, 6.45) is 0.817. The molecule has 1 heterocycles. The van der Waals surface area contributed by atoms with Crippen molar-refractivity contribution < 1.29 is 9.53 Å². The predicted octanol–water partition coefficient (Wildman–Crippen LogP) is 0.0143. The van der Waals surface area contributed by atoms with Crippen LogP contribution < -0.4 is 11.1 Å². The van der Waals surface area contributed by atoms with E-state index >= 15 is 0 Å². The minimum absolute atomic E-state index is 0.00175. The zero-order chi connectivity index (χ0) is 11.1. The first kappa shape index (κ1) is 12.0. The van der Waals surface area contributed by atoms with E-state index in [0.29, 0.717) is 18.3 Å². The van der Waals surface area contributed by atoms with Gasteiger partial charge in [-0.3, -0.25) is 10.1 Å². The highest BCUT2D eigenvalue weighted by Gasteiger charge is 2.06. The molecule has 0 aliphatic rings. The van der Waals surface area contributed by atoms with Crippen molar-refractivity contribution in [2.45, 2.75) is 13.3 Å². The molecule has 1 rings (SSSR count). The van der Waals surface area contributed by atoms with Crippen LogP contribution in [0.2, 0.25) is 0 Å². The number of aromatic nitrogens is 2. The van der Waals surface area contributed by atoms with E-state index in [0.717, 1.165) is 11.4 Å². The molecule has 1 aromatic rings. The minimum Gasteiger partial charge on any atom is -0.370 e. The Morgan fingerprint density at radius 3 is 3.00 bits per heavy atom. The van der Waals surface area contributed by atoms with E-state index in [1.165, 1.54) is 11.3 Å². The van der Waals surface area contributed by atoms with Crippen LogP contribution in [0.5, 0.6) is 0 Å². The molecule has 0 unspecified atom stereocenters. The summed E-state index contributed by atoms with van der Waals surface area (Å²) < 4.78 is 4.97. The van der Waals surface area contributed by atoms with Gasteiger partial charge in [-0.15, -0.1) is 10.2 Å². The van der Waals surface area contributed by atoms with Gasteiger partial charge in [0.25, 0.3) is 5.91 Å². The summed E-state index contributed by atoms with van der Waals surface area (Å²) in [4.78, 5) is 11.2. The lowest BCUT2D eigenvalue weighted by atomic mass is 10.5. The number of aryl methyl sites for hydroxylation is 1. The number of anilines is 1. The minimum atomic E-state index is -0.234. The Morgan fingerprint density at radius 1 is 1.60 bits per heavy atom. The van der Waals surface area contributed by atoms with E-state index in [2.05, 4.69) is 15.5 Å². The molecule has 0 atom stereocenters. The maximum Gasteiger partial charge on any atom is 0.252 e. The number of ether oxygens (including phenoxy) is 1. The maximum atomic E-state index is 11.2. The van der Waals surface area contributed by atoms with Crippen LogP contribution in [0.1, 0.15) is 11.9 Å². The summed E-state index contributed by atoms with van der Waals surface area (Å²) in [7, 11) is 0. The molecule has 3 N–H and O–H groups in total. The van der Waals surface area contributed by atoms with Gasteiger partial charge < -0.3 is 10.5 Å². The summed E-state index contributed by atoms with van der Waals surface area (Å²) in [5.74, 6) is -0.234. The molecule has 0 bridgehead atoms. The van der Waals surface area contributed by atoms with Crippen LogP contribution in [0.25, 0.3) is 0 Å². The number of carbonyl (C=O) groups is 1. The fourth-order valence-corrected chi connectivity index (χ4v) is 1.55. The van der Waals surface area contributed by atoms with Gasteiger partial charge in [0, 0.05) is 6.54 Å². The zero-order valence-electron chi connectivity index (χ0n) is 8.52. The molecule has 0 aliphatic carbocycles. The first-order valence-corrected chi connectivity index (χ1v) is 5.48. The highest BCUT2D eigenvalue weighted by atomic mass is 32.1. The first-order chi connectivity index (χ1) is 7.26. The van der Waals surface area contributed by atoms with Crippen LogP contribution >= 0.6 is 11.3 Å². The van der Waals surface area contributed by atoms with Crippen LogP contribution in [-0.4, -0.2) is 35.9 Å². The fraction of sp³-hybridized carbons (Fsp3) is 0.625. The van der Waals surface area contributed by atoms with Gasteiger partial charge in [0.15, 0.2) is 0 Å². The maximum absolute atomic E-state index is 11.2. The smallest absolute Gasteiger partial charge is 0.252 e. The highest BCUT2D eigenvalue weighted by Crippen LogP contribution is 2.14. The molecule has 0 aliphatic heterocycles. The number of nitrogens with zero attached hydrogens (tertiary/aromatic N) is 2. The van der Waals surface area contributed by atoms with E-state index in [-0.39, 0.29) is 12.5 Å². The average molecular weight is 230 g/mol. The van der Waals surface area contributed by atoms with Crippen molar-refractivity contribution in [3.63, 3.8) is 0 Å². The second-order valence-corrected chi connectivity index (χ2v) is 3.81. The van der Waals surface area contributed by atoms with Crippen LogP contribution in [-0.2, 0) is 16.0 Å². The van der Waals surface area contributed by atoms with Gasteiger partial charge in [-0.1, -0.05) is 18.3 Å². The van der Waals surface area contributed by atoms with Gasteiger partial charge in [-0.05, 0) is 6.42 Å². The van der Waals surface area contributed by atoms with Crippen molar-refractivity contribution in [1.29, 1.82) is 0 Å². The monoisotopic (exact) mass is 230 g/mol. The SMILES string of the molecule is CCc1nnc(NC(=O)COCCN)s1. The first-order valence-electron chi connectivity index (χ1n) is 4.66. The molecule has 0 saturated heterocycles. The van der Waals surface area contributed by atoms with Gasteiger partial charge in [-0.2, -0.15) is 0 Å². The lowest BCUT2D eigenvalue weighted by Crippen LogP contribution is -2.20. The Balaban J connectivity index is 2.31. The quantitative estimate of drug-likeness (QED) is 0.672. The zero-order valence-corrected chi connectivity index (χ0v) is 9.34. The molecule has 0 spiro atoms. The van der Waals surface area contributed by atoms with Crippen molar-refractivity contribution in [2.24, 2.45) is 5.73 Å². The number of nitrogens with two attached hydrogens (primary N) is 1. The summed E-state index contributed by atoms with van der Waals surface area (Å²) in [5, 5.41) is 11.7. The second-order valence-electron chi connectivity index (χ2n) is 2.74. The van der Waals surface area contributed by atoms with Gasteiger partial charge in [0.1, 0.15) is 11.6 Å². The number of hydrogen-bond acceptors (Lipinski definition) is 6. The van der Waals surface area contributed by atoms with Crippen LogP contribution in [0.4, 0.5) is 5.13 Å². The number of nitrogens with one attached hydrogen (secondary N) is 1. The van der Waals surface area contributed by atoms with E-state index in [9.17, 15) is 4.79 Å². The van der Waals surface area contributed by atoms with Crippen molar-refractivity contribution in [3.8, 4) is 0 Å². The third-order valence-corrected chi connectivity index (χ3v) is 2.49. The number of rotatable bonds is 6. The summed E-state index contributed by atoms with van der Waals surface area (Å²) in [6, 6.07) is 0. The standard InChI is InChI=1S/C8H14N4O2S/c1-2-7-11-12-8(15-7)10-6(13)5-14-4-3-9/h2-5,9H2,1H3,(H,10,12,13). The molecule has 0 radical (unpaired) electrons. The largest absolute Gasteiger partial charge is 0.370 e. The Morgan fingerprint density at radius 2 is 2.40 bits per heavy atom. The highest BCUT2D eigenvalue weighted by molar-refractivity contribution is 7.15. The van der Waals surface area contributed by atoms with Crippen molar-refractivity contribution in [2.75, 3.05) is 25.1 Å². The van der Waals surface area contributed by atoms with E-state index in [1.807, 2.05) is 6.92 Å². The van der Waals surface area contributed by atoms with E-state index in [1.54, 1.807) is 0 Å². The Labute approximate surface area is 91.8 Å². The topological polar surface area (TPSA) is 90.1 Å². The number of amides is 1. The number of carbonyl (C=O) groups excluding carboxylic acids is 1. The molecular formula is C8H14N4O2S. The normalized spacial score (nSPS) is 10.3. The number of hydrogen-bond donors (Lipinski definition) is 2. The predicted molar refractivity (Wildman–Crippen MR) is 57.8 cm³/mol. The Bertz CT molecular complexity index is 315. The van der Waals surface area contributed by atoms with Crippen LogP contribution in [0, 0.1) is 0 Å². The molecule has 0 aromatic carbocycles. The third kappa shape index (κ3) is 4.32. The molecule has 6 nitrogen and oxygen atoms in total. The van der Waals surface area contributed by atoms with Gasteiger partial charge >= 0.3 is 0 Å². The molecule has 1 aromatic heterocycles. The molecular weight excluding hydrogens is 216 g/mol. The second kappa shape index (κ2) is 6.44. The van der Waals surface area contributed by atoms with Crippen molar-refractivity contribution in [1.82, 2.24) is 10.2 Å². The Kier molecular flexibility index (Phi) is 5.16. The molecule has 84 valence electrons. The summed E-state index contributed by atoms with van der Waals surface area (Å²) >= 11 is 1.37. The van der Waals surface area contributed by atoms with E-state index < -0.39 is 0 Å². The van der Waals surface area contributed by atoms with Gasteiger partial charge in [-0.25, -0.2) is 0 Å². The Hall–Kier alpha value is -1.05. The molecule has 0 fully saturated rings. The summed E-state index contributed by atoms with van der Waals surface area (Å²) in [6.45, 7) is 2.77. The average Bonchev–Trinajstić information content (AvgIpc) is 2.66. The molecule has 0 saturated carbocycles. The molecule has 1 amide bonds. The van der Waals surface area contributed by atoms with E-state index in [4.69, 9.17) is 10.5 Å². The fourth-order valence-electron chi connectivity index (χ4n) is 0.851. The van der Waals surface area contributed by atoms with Crippen molar-refractivity contribution in [3.05, 3.63) is 5.01 Å². The van der Waals surface area contributed by atoms with Crippen molar-refractivity contribution >= 4 is 22.4 Å².